The smallest absolute Gasteiger partial charge is 0.336 e. The van der Waals surface area contributed by atoms with E-state index in [2.05, 4.69) is 61.2 Å². The fourth-order valence-electron chi connectivity index (χ4n) is 3.69. The Morgan fingerprint density at radius 1 is 0.882 bits per heavy atom. The van der Waals surface area contributed by atoms with Crippen molar-refractivity contribution in [3.05, 3.63) is 53.6 Å². The summed E-state index contributed by atoms with van der Waals surface area (Å²) >= 11 is 1.90. The van der Waals surface area contributed by atoms with Crippen LogP contribution in [-0.4, -0.2) is 57.0 Å². The molecular formula is C25H31NO7S. The molecule has 1 aliphatic rings. The van der Waals surface area contributed by atoms with Crippen LogP contribution in [0.2, 0.25) is 0 Å². The maximum absolute atomic E-state index is 10.3. The van der Waals surface area contributed by atoms with Gasteiger partial charge in [0.15, 0.2) is 5.60 Å². The summed E-state index contributed by atoms with van der Waals surface area (Å²) in [6.45, 7) is 6.76. The molecule has 0 radical (unpaired) electrons. The lowest BCUT2D eigenvalue weighted by molar-refractivity contribution is -0.170. The predicted octanol–water partition coefficient (Wildman–Crippen LogP) is 4.20. The van der Waals surface area contributed by atoms with E-state index in [1.165, 1.54) is 59.0 Å². The number of hydrogen-bond acceptors (Lipinski definition) is 6. The van der Waals surface area contributed by atoms with Crippen LogP contribution in [0.1, 0.15) is 43.2 Å². The molecule has 1 saturated heterocycles. The first kappa shape index (κ1) is 27.2. The summed E-state index contributed by atoms with van der Waals surface area (Å²) in [5.41, 5.74) is 1.37. The van der Waals surface area contributed by atoms with E-state index < -0.39 is 36.4 Å². The molecule has 0 unspecified atom stereocenters. The topological polar surface area (TPSA) is 135 Å². The number of aryl methyl sites for hydroxylation is 2. The van der Waals surface area contributed by atoms with Gasteiger partial charge in [-0.25, -0.2) is 4.79 Å². The Hall–Kier alpha value is -3.04. The van der Waals surface area contributed by atoms with E-state index in [4.69, 9.17) is 20.4 Å². The molecule has 0 saturated carbocycles. The Labute approximate surface area is 203 Å². The number of aliphatic carboxylic acids is 3. The van der Waals surface area contributed by atoms with Crippen LogP contribution in [0, 0.1) is 13.8 Å². The van der Waals surface area contributed by atoms with Crippen LogP contribution in [0.25, 0.3) is 0 Å². The van der Waals surface area contributed by atoms with Gasteiger partial charge in [-0.3, -0.25) is 9.59 Å². The number of nitrogens with zero attached hydrogens (tertiary/aromatic N) is 1. The molecule has 2 aromatic rings. The monoisotopic (exact) mass is 489 g/mol. The minimum atomic E-state index is -2.74. The van der Waals surface area contributed by atoms with Gasteiger partial charge in [-0.05, 0) is 56.9 Å². The fraction of sp³-hybridized carbons (Fsp3) is 0.400. The Morgan fingerprint density at radius 2 is 1.47 bits per heavy atom. The molecule has 8 nitrogen and oxygen atoms in total. The van der Waals surface area contributed by atoms with Crippen molar-refractivity contribution in [2.24, 2.45) is 0 Å². The number of carbonyl (C=O) groups is 3. The predicted molar refractivity (Wildman–Crippen MR) is 130 cm³/mol. The number of anilines is 1. The number of carboxylic acid groups (broad SMARTS) is 3. The fourth-order valence-corrected chi connectivity index (χ4v) is 4.73. The van der Waals surface area contributed by atoms with Crippen molar-refractivity contribution in [3.63, 3.8) is 0 Å². The van der Waals surface area contributed by atoms with E-state index in [0.717, 1.165) is 0 Å². The number of aliphatic hydroxyl groups is 1. The Bertz CT molecular complexity index is 1000. The highest BCUT2D eigenvalue weighted by Gasteiger charge is 2.40. The van der Waals surface area contributed by atoms with Crippen molar-refractivity contribution in [2.75, 3.05) is 18.0 Å². The van der Waals surface area contributed by atoms with Gasteiger partial charge in [0.25, 0.3) is 0 Å². The van der Waals surface area contributed by atoms with Crippen molar-refractivity contribution in [3.8, 4) is 0 Å². The Balaban J connectivity index is 0.000000273. The first-order valence-corrected chi connectivity index (χ1v) is 11.8. The van der Waals surface area contributed by atoms with Crippen LogP contribution in [0.4, 0.5) is 5.69 Å². The van der Waals surface area contributed by atoms with Gasteiger partial charge >= 0.3 is 17.9 Å². The minimum Gasteiger partial charge on any atom is -0.481 e. The second-order valence-corrected chi connectivity index (χ2v) is 9.45. The zero-order chi connectivity index (χ0) is 25.3. The van der Waals surface area contributed by atoms with Gasteiger partial charge in [-0.1, -0.05) is 41.6 Å². The van der Waals surface area contributed by atoms with E-state index >= 15 is 0 Å². The molecule has 184 valence electrons. The maximum atomic E-state index is 10.3. The summed E-state index contributed by atoms with van der Waals surface area (Å²) in [5.74, 6) is -5.02. The summed E-state index contributed by atoms with van der Waals surface area (Å²) in [4.78, 5) is 35.8. The summed E-state index contributed by atoms with van der Waals surface area (Å²) < 4.78 is 0. The van der Waals surface area contributed by atoms with Crippen LogP contribution in [-0.2, 0) is 14.4 Å². The number of benzene rings is 2. The van der Waals surface area contributed by atoms with Crippen LogP contribution in [0.15, 0.2) is 52.3 Å². The van der Waals surface area contributed by atoms with E-state index in [1.807, 2.05) is 11.8 Å². The quantitative estimate of drug-likeness (QED) is 0.430. The first-order chi connectivity index (χ1) is 16.0. The number of carboxylic acids is 3. The Kier molecular flexibility index (Phi) is 9.95. The van der Waals surface area contributed by atoms with Gasteiger partial charge < -0.3 is 25.3 Å². The lowest BCUT2D eigenvalue weighted by Crippen LogP contribution is -2.42. The second kappa shape index (κ2) is 12.4. The molecular weight excluding hydrogens is 458 g/mol. The van der Waals surface area contributed by atoms with E-state index in [-0.39, 0.29) is 0 Å². The van der Waals surface area contributed by atoms with Gasteiger partial charge in [-0.15, -0.1) is 0 Å². The van der Waals surface area contributed by atoms with Gasteiger partial charge in [0.05, 0.1) is 18.5 Å². The molecule has 1 aliphatic heterocycles. The van der Waals surface area contributed by atoms with Crippen LogP contribution in [0.5, 0.6) is 0 Å². The van der Waals surface area contributed by atoms with Gasteiger partial charge in [-0.2, -0.15) is 0 Å². The summed E-state index contributed by atoms with van der Waals surface area (Å²) in [7, 11) is 0. The highest BCUT2D eigenvalue weighted by atomic mass is 32.2. The number of para-hydroxylation sites is 1. The molecule has 2 aromatic carbocycles. The Morgan fingerprint density at radius 3 is 2.00 bits per heavy atom. The molecule has 4 N–H and O–H groups in total. The van der Waals surface area contributed by atoms with Crippen molar-refractivity contribution < 1.29 is 34.8 Å². The molecule has 0 amide bonds. The number of rotatable bonds is 8. The average Bonchev–Trinajstić information content (AvgIpc) is 2.76. The van der Waals surface area contributed by atoms with Gasteiger partial charge in [0.2, 0.25) is 0 Å². The molecule has 34 heavy (non-hydrogen) atoms. The molecule has 1 fully saturated rings. The highest BCUT2D eigenvalue weighted by molar-refractivity contribution is 7.99. The molecule has 0 bridgehead atoms. The maximum Gasteiger partial charge on any atom is 0.336 e. The van der Waals surface area contributed by atoms with Crippen LogP contribution in [0.3, 0.4) is 0 Å². The lowest BCUT2D eigenvalue weighted by atomic mass is 9.96. The molecule has 0 spiro atoms. The molecule has 0 aromatic heterocycles. The zero-order valence-corrected chi connectivity index (χ0v) is 20.2. The third-order valence-electron chi connectivity index (χ3n) is 5.40. The third kappa shape index (κ3) is 8.07. The normalized spacial score (nSPS) is 13.6. The minimum absolute atomic E-state index is 1.14. The first-order valence-electron chi connectivity index (χ1n) is 11.0. The van der Waals surface area contributed by atoms with Crippen molar-refractivity contribution >= 4 is 35.4 Å². The van der Waals surface area contributed by atoms with Gasteiger partial charge in [0, 0.05) is 22.9 Å². The molecule has 9 heteroatoms. The van der Waals surface area contributed by atoms with Crippen LogP contribution >= 0.6 is 11.8 Å². The second-order valence-electron chi connectivity index (χ2n) is 8.36. The van der Waals surface area contributed by atoms with Crippen molar-refractivity contribution in [2.45, 2.75) is 61.3 Å². The molecule has 0 atom stereocenters. The van der Waals surface area contributed by atoms with Crippen LogP contribution < -0.4 is 4.90 Å². The zero-order valence-electron chi connectivity index (χ0n) is 19.4. The third-order valence-corrected chi connectivity index (χ3v) is 6.64. The summed E-state index contributed by atoms with van der Waals surface area (Å²) in [6, 6.07) is 15.6. The number of piperidine rings is 1. The molecule has 3 rings (SSSR count). The molecule has 0 aliphatic carbocycles. The standard InChI is InChI=1S/C19H23NS.C6H8O7/c1-15-10-11-18(16(2)14-15)21-19-9-5-4-8-17(19)20-12-6-3-7-13-20;7-3(8)1-6(13,5(11)12)2-4(9)10/h4-5,8-11,14H,3,6-7,12-13H2,1-2H3;13H,1-2H2,(H,7,8)(H,9,10)(H,11,12). The highest BCUT2D eigenvalue weighted by Crippen LogP contribution is 2.37. The lowest BCUT2D eigenvalue weighted by Gasteiger charge is -2.30. The van der Waals surface area contributed by atoms with E-state index in [0.29, 0.717) is 0 Å². The molecule has 1 heterocycles. The summed E-state index contributed by atoms with van der Waals surface area (Å²) in [6.07, 6.45) is 1.73. The number of hydrogen-bond donors (Lipinski definition) is 4. The van der Waals surface area contributed by atoms with E-state index in [9.17, 15) is 14.4 Å². The van der Waals surface area contributed by atoms with Crippen molar-refractivity contribution in [1.29, 1.82) is 0 Å². The van der Waals surface area contributed by atoms with Gasteiger partial charge in [0.1, 0.15) is 0 Å². The van der Waals surface area contributed by atoms with E-state index in [1.54, 1.807) is 0 Å². The van der Waals surface area contributed by atoms with Crippen molar-refractivity contribution in [1.82, 2.24) is 0 Å². The average molecular weight is 490 g/mol. The SMILES string of the molecule is Cc1ccc(Sc2ccccc2N2CCCCC2)c(C)c1.O=C(O)CC(O)(CC(=O)O)C(=O)O. The summed E-state index contributed by atoms with van der Waals surface area (Å²) in [5, 5.41) is 33.8. The largest absolute Gasteiger partial charge is 0.481 e.